The summed E-state index contributed by atoms with van der Waals surface area (Å²) in [7, 11) is 1.62. The molecule has 0 aromatic heterocycles. The van der Waals surface area contributed by atoms with Crippen molar-refractivity contribution >= 4 is 23.3 Å². The first-order valence-electron chi connectivity index (χ1n) is 9.96. The number of benzodiazepines with no additional fused rings is 1. The van der Waals surface area contributed by atoms with E-state index in [-0.39, 0.29) is 11.6 Å². The molecule has 2 unspecified atom stereocenters. The number of rotatable bonds is 3. The van der Waals surface area contributed by atoms with Gasteiger partial charge in [0, 0.05) is 24.2 Å². The summed E-state index contributed by atoms with van der Waals surface area (Å²) >= 11 is 0. The minimum atomic E-state index is -1.17. The topological polar surface area (TPSA) is 73.8 Å². The highest BCUT2D eigenvalue weighted by Crippen LogP contribution is 2.28. The van der Waals surface area contributed by atoms with Crippen LogP contribution in [0.3, 0.4) is 0 Å². The number of nitrogens with zero attached hydrogens (tertiary/aromatic N) is 2. The van der Waals surface area contributed by atoms with E-state index in [1.807, 2.05) is 12.1 Å². The molecule has 3 amide bonds. The van der Waals surface area contributed by atoms with E-state index < -0.39 is 23.9 Å². The van der Waals surface area contributed by atoms with Gasteiger partial charge in [0.1, 0.15) is 5.82 Å². The van der Waals surface area contributed by atoms with Crippen molar-refractivity contribution in [1.29, 1.82) is 0 Å². The summed E-state index contributed by atoms with van der Waals surface area (Å²) in [6.07, 6.45) is 5.45. The zero-order chi connectivity index (χ0) is 21.1. The van der Waals surface area contributed by atoms with Crippen molar-refractivity contribution in [3.8, 4) is 0 Å². The van der Waals surface area contributed by atoms with Crippen LogP contribution in [0.25, 0.3) is 0 Å². The van der Waals surface area contributed by atoms with Gasteiger partial charge < -0.3 is 15.5 Å². The lowest BCUT2D eigenvalue weighted by molar-refractivity contribution is -0.119. The third-order valence-electron chi connectivity index (χ3n) is 5.34. The van der Waals surface area contributed by atoms with Crippen molar-refractivity contribution in [2.75, 3.05) is 11.9 Å². The monoisotopic (exact) mass is 406 g/mol. The standard InChI is InChI=1S/C23H23FN4O2/c1-28-19-14-8-6-12-17(19)20(16-11-5-7-13-18(16)24)26-21(22(28)29)27-23(30)25-15-9-3-2-4-10-15/h2-3,5-8,11-15,21H,4,9-10H2,1H3,(H2,25,27,30). The number of carbonyl (C=O) groups excluding carboxylic acids is 2. The second-order valence-electron chi connectivity index (χ2n) is 7.37. The van der Waals surface area contributed by atoms with Crippen molar-refractivity contribution in [2.45, 2.75) is 31.5 Å². The number of carbonyl (C=O) groups is 2. The summed E-state index contributed by atoms with van der Waals surface area (Å²) < 4.78 is 14.6. The first-order valence-corrected chi connectivity index (χ1v) is 9.96. The normalized spacial score (nSPS) is 20.8. The van der Waals surface area contributed by atoms with Crippen LogP contribution < -0.4 is 15.5 Å². The van der Waals surface area contributed by atoms with E-state index in [9.17, 15) is 14.0 Å². The van der Waals surface area contributed by atoms with Crippen molar-refractivity contribution < 1.29 is 14.0 Å². The summed E-state index contributed by atoms with van der Waals surface area (Å²) in [6.45, 7) is 0. The van der Waals surface area contributed by atoms with Gasteiger partial charge in [-0.2, -0.15) is 0 Å². The van der Waals surface area contributed by atoms with Crippen LogP contribution in [0.15, 0.2) is 65.7 Å². The molecular formula is C23H23FN4O2. The Hall–Kier alpha value is -3.48. The van der Waals surface area contributed by atoms with Gasteiger partial charge in [-0.3, -0.25) is 4.79 Å². The van der Waals surface area contributed by atoms with Gasteiger partial charge in [0.2, 0.25) is 6.17 Å². The maximum Gasteiger partial charge on any atom is 0.317 e. The number of benzene rings is 2. The van der Waals surface area contributed by atoms with Gasteiger partial charge in [0.25, 0.3) is 5.91 Å². The third-order valence-corrected chi connectivity index (χ3v) is 5.34. The number of urea groups is 1. The van der Waals surface area contributed by atoms with Gasteiger partial charge in [-0.15, -0.1) is 0 Å². The molecule has 2 aromatic carbocycles. The van der Waals surface area contributed by atoms with Gasteiger partial charge in [0.15, 0.2) is 0 Å². The molecule has 2 aliphatic rings. The summed E-state index contributed by atoms with van der Waals surface area (Å²) in [5, 5.41) is 5.56. The number of aliphatic imine (C=N–C) groups is 1. The lowest BCUT2D eigenvalue weighted by atomic mass is 10.00. The fraction of sp³-hybridized carbons (Fsp3) is 0.261. The Morgan fingerprint density at radius 1 is 1.07 bits per heavy atom. The van der Waals surface area contributed by atoms with Gasteiger partial charge >= 0.3 is 6.03 Å². The number of allylic oxidation sites excluding steroid dienone is 1. The number of nitrogens with one attached hydrogen (secondary N) is 2. The number of halogens is 1. The number of likely N-dealkylation sites (N-methyl/N-ethyl adjacent to an activating group) is 1. The molecule has 1 aliphatic heterocycles. The van der Waals surface area contributed by atoms with Gasteiger partial charge in [-0.25, -0.2) is 14.2 Å². The van der Waals surface area contributed by atoms with Crippen molar-refractivity contribution in [3.63, 3.8) is 0 Å². The van der Waals surface area contributed by atoms with E-state index in [2.05, 4.69) is 21.7 Å². The van der Waals surface area contributed by atoms with E-state index in [1.165, 1.54) is 11.0 Å². The molecule has 2 aromatic rings. The maximum absolute atomic E-state index is 14.6. The smallest absolute Gasteiger partial charge is 0.317 e. The van der Waals surface area contributed by atoms with E-state index in [4.69, 9.17) is 0 Å². The Bertz CT molecular complexity index is 1030. The Balaban J connectivity index is 1.69. The van der Waals surface area contributed by atoms with Crippen LogP contribution in [-0.2, 0) is 4.79 Å². The van der Waals surface area contributed by atoms with E-state index in [0.29, 0.717) is 17.0 Å². The SMILES string of the molecule is CN1C(=O)C(NC(=O)NC2CC=CCC2)N=C(c2ccccc2F)c2ccccc21. The summed E-state index contributed by atoms with van der Waals surface area (Å²) in [5.74, 6) is -0.840. The van der Waals surface area contributed by atoms with Crippen LogP contribution >= 0.6 is 0 Å². The minimum absolute atomic E-state index is 0.0147. The molecule has 1 heterocycles. The number of amides is 3. The van der Waals surface area contributed by atoms with Gasteiger partial charge in [0.05, 0.1) is 11.4 Å². The van der Waals surface area contributed by atoms with Crippen molar-refractivity contribution in [3.05, 3.63) is 77.6 Å². The van der Waals surface area contributed by atoms with Crippen molar-refractivity contribution in [1.82, 2.24) is 10.6 Å². The molecule has 0 bridgehead atoms. The Labute approximate surface area is 174 Å². The zero-order valence-corrected chi connectivity index (χ0v) is 16.6. The fourth-order valence-electron chi connectivity index (χ4n) is 3.76. The molecule has 2 atom stereocenters. The van der Waals surface area contributed by atoms with Crippen LogP contribution in [-0.4, -0.2) is 36.9 Å². The third kappa shape index (κ3) is 3.96. The summed E-state index contributed by atoms with van der Waals surface area (Å²) in [4.78, 5) is 31.6. The molecule has 1 aliphatic carbocycles. The second-order valence-corrected chi connectivity index (χ2v) is 7.37. The molecule has 154 valence electrons. The molecule has 30 heavy (non-hydrogen) atoms. The van der Waals surface area contributed by atoms with Crippen LogP contribution in [0.4, 0.5) is 14.9 Å². The molecule has 0 saturated heterocycles. The highest BCUT2D eigenvalue weighted by molar-refractivity contribution is 6.20. The maximum atomic E-state index is 14.6. The quantitative estimate of drug-likeness (QED) is 0.767. The summed E-state index contributed by atoms with van der Waals surface area (Å²) in [6, 6.07) is 13.0. The second kappa shape index (κ2) is 8.49. The largest absolute Gasteiger partial charge is 0.335 e. The number of anilines is 1. The first-order chi connectivity index (χ1) is 14.5. The van der Waals surface area contributed by atoms with Crippen molar-refractivity contribution in [2.24, 2.45) is 4.99 Å². The molecule has 7 heteroatoms. The molecule has 0 fully saturated rings. The molecule has 2 N–H and O–H groups in total. The Morgan fingerprint density at radius 3 is 2.53 bits per heavy atom. The Morgan fingerprint density at radius 2 is 1.80 bits per heavy atom. The number of para-hydroxylation sites is 1. The van der Waals surface area contributed by atoms with E-state index in [1.54, 1.807) is 43.4 Å². The predicted molar refractivity (Wildman–Crippen MR) is 114 cm³/mol. The average molecular weight is 406 g/mol. The number of hydrogen-bond acceptors (Lipinski definition) is 3. The lowest BCUT2D eigenvalue weighted by Gasteiger charge is -2.23. The molecule has 4 rings (SSSR count). The fourth-order valence-corrected chi connectivity index (χ4v) is 3.76. The van der Waals surface area contributed by atoms with Gasteiger partial charge in [-0.1, -0.05) is 42.5 Å². The van der Waals surface area contributed by atoms with Crippen LogP contribution in [0, 0.1) is 5.82 Å². The average Bonchev–Trinajstić information content (AvgIpc) is 2.86. The molecule has 0 spiro atoms. The van der Waals surface area contributed by atoms with E-state index in [0.717, 1.165) is 19.3 Å². The van der Waals surface area contributed by atoms with Crippen LogP contribution in [0.5, 0.6) is 0 Å². The van der Waals surface area contributed by atoms with Crippen LogP contribution in [0.1, 0.15) is 30.4 Å². The molecular weight excluding hydrogens is 383 g/mol. The number of hydrogen-bond donors (Lipinski definition) is 2. The van der Waals surface area contributed by atoms with Crippen LogP contribution in [0.2, 0.25) is 0 Å². The highest BCUT2D eigenvalue weighted by Gasteiger charge is 2.32. The number of fused-ring (bicyclic) bond motifs is 1. The van der Waals surface area contributed by atoms with E-state index >= 15 is 0 Å². The predicted octanol–water partition coefficient (Wildman–Crippen LogP) is 3.37. The molecule has 0 radical (unpaired) electrons. The first kappa shape index (κ1) is 19.8. The summed E-state index contributed by atoms with van der Waals surface area (Å²) in [5.41, 5.74) is 1.83. The minimum Gasteiger partial charge on any atom is -0.335 e. The lowest BCUT2D eigenvalue weighted by Crippen LogP contribution is -2.51. The van der Waals surface area contributed by atoms with Gasteiger partial charge in [-0.05, 0) is 37.5 Å². The highest BCUT2D eigenvalue weighted by atomic mass is 19.1. The zero-order valence-electron chi connectivity index (χ0n) is 16.6. The molecule has 0 saturated carbocycles. The Kier molecular flexibility index (Phi) is 5.61. The molecule has 6 nitrogen and oxygen atoms in total.